The summed E-state index contributed by atoms with van der Waals surface area (Å²) in [5.74, 6) is 2.51. The summed E-state index contributed by atoms with van der Waals surface area (Å²) >= 11 is 5.64. The normalized spacial score (nSPS) is 13.9. The SMILES string of the molecule is CC(C)CCCC(C)CCCl. The van der Waals surface area contributed by atoms with Gasteiger partial charge in [0, 0.05) is 5.88 Å². The summed E-state index contributed by atoms with van der Waals surface area (Å²) in [6.45, 7) is 6.86. The molecular weight excluding hydrogens is 156 g/mol. The third-order valence-electron chi connectivity index (χ3n) is 2.08. The minimum Gasteiger partial charge on any atom is -0.127 e. The minimum atomic E-state index is 0.822. The van der Waals surface area contributed by atoms with E-state index in [1.54, 1.807) is 0 Å². The summed E-state index contributed by atoms with van der Waals surface area (Å²) in [7, 11) is 0. The molecule has 0 saturated carbocycles. The maximum absolute atomic E-state index is 5.64. The molecule has 0 bridgehead atoms. The van der Waals surface area contributed by atoms with Crippen molar-refractivity contribution in [2.24, 2.45) is 11.8 Å². The van der Waals surface area contributed by atoms with Gasteiger partial charge in [-0.3, -0.25) is 0 Å². The van der Waals surface area contributed by atoms with Crippen LogP contribution in [0.2, 0.25) is 0 Å². The molecule has 0 aliphatic rings. The van der Waals surface area contributed by atoms with Crippen LogP contribution in [-0.2, 0) is 0 Å². The average Bonchev–Trinajstić information content (AvgIpc) is 1.87. The molecule has 0 aromatic rings. The highest BCUT2D eigenvalue weighted by atomic mass is 35.5. The van der Waals surface area contributed by atoms with E-state index in [1.807, 2.05) is 0 Å². The van der Waals surface area contributed by atoms with E-state index >= 15 is 0 Å². The van der Waals surface area contributed by atoms with Crippen LogP contribution in [0.15, 0.2) is 0 Å². The van der Waals surface area contributed by atoms with Crippen LogP contribution >= 0.6 is 11.6 Å². The fourth-order valence-corrected chi connectivity index (χ4v) is 1.58. The molecule has 0 aromatic carbocycles. The molecule has 68 valence electrons. The lowest BCUT2D eigenvalue weighted by Crippen LogP contribution is -1.97. The van der Waals surface area contributed by atoms with Gasteiger partial charge in [0.05, 0.1) is 0 Å². The molecule has 0 fully saturated rings. The van der Waals surface area contributed by atoms with Crippen LogP contribution < -0.4 is 0 Å². The van der Waals surface area contributed by atoms with E-state index in [-0.39, 0.29) is 0 Å². The predicted octanol–water partition coefficient (Wildman–Crippen LogP) is 4.08. The van der Waals surface area contributed by atoms with Crippen LogP contribution in [0.4, 0.5) is 0 Å². The highest BCUT2D eigenvalue weighted by Crippen LogP contribution is 2.15. The Morgan fingerprint density at radius 3 is 2.09 bits per heavy atom. The Balaban J connectivity index is 3.10. The third kappa shape index (κ3) is 8.19. The van der Waals surface area contributed by atoms with Crippen LogP contribution in [0.5, 0.6) is 0 Å². The van der Waals surface area contributed by atoms with Crippen LogP contribution in [0, 0.1) is 11.8 Å². The van der Waals surface area contributed by atoms with E-state index in [0.717, 1.165) is 17.7 Å². The maximum atomic E-state index is 5.64. The number of halogens is 1. The average molecular weight is 177 g/mol. The molecule has 1 heteroatoms. The predicted molar refractivity (Wildman–Crippen MR) is 53.2 cm³/mol. The van der Waals surface area contributed by atoms with E-state index in [1.165, 1.54) is 25.7 Å². The van der Waals surface area contributed by atoms with Gasteiger partial charge in [0.2, 0.25) is 0 Å². The van der Waals surface area contributed by atoms with Gasteiger partial charge in [0.15, 0.2) is 0 Å². The second-order valence-corrected chi connectivity index (χ2v) is 4.29. The topological polar surface area (TPSA) is 0 Å². The Bertz CT molecular complexity index is 78.9. The zero-order chi connectivity index (χ0) is 8.69. The maximum Gasteiger partial charge on any atom is 0.0225 e. The molecule has 0 saturated heterocycles. The van der Waals surface area contributed by atoms with Gasteiger partial charge in [0.1, 0.15) is 0 Å². The highest BCUT2D eigenvalue weighted by Gasteiger charge is 2.01. The van der Waals surface area contributed by atoms with Gasteiger partial charge in [-0.25, -0.2) is 0 Å². The lowest BCUT2D eigenvalue weighted by molar-refractivity contribution is 0.450. The van der Waals surface area contributed by atoms with Crippen molar-refractivity contribution in [3.05, 3.63) is 0 Å². The second-order valence-electron chi connectivity index (χ2n) is 3.91. The second kappa shape index (κ2) is 6.97. The van der Waals surface area contributed by atoms with E-state index in [4.69, 9.17) is 11.6 Å². The summed E-state index contributed by atoms with van der Waals surface area (Å²) in [5.41, 5.74) is 0. The first-order valence-corrected chi connectivity index (χ1v) is 5.26. The quantitative estimate of drug-likeness (QED) is 0.535. The molecule has 0 heterocycles. The number of alkyl halides is 1. The van der Waals surface area contributed by atoms with Crippen molar-refractivity contribution >= 4 is 11.6 Å². The summed E-state index contributed by atoms with van der Waals surface area (Å²) in [4.78, 5) is 0. The number of hydrogen-bond acceptors (Lipinski definition) is 0. The molecule has 11 heavy (non-hydrogen) atoms. The summed E-state index contributed by atoms with van der Waals surface area (Å²) in [6, 6.07) is 0. The van der Waals surface area contributed by atoms with E-state index in [0.29, 0.717) is 0 Å². The van der Waals surface area contributed by atoms with Crippen LogP contribution in [0.3, 0.4) is 0 Å². The Morgan fingerprint density at radius 1 is 1.00 bits per heavy atom. The molecule has 0 amide bonds. The lowest BCUT2D eigenvalue weighted by atomic mass is 9.98. The van der Waals surface area contributed by atoms with Crippen LogP contribution in [0.25, 0.3) is 0 Å². The Hall–Kier alpha value is 0.290. The van der Waals surface area contributed by atoms with Gasteiger partial charge in [0.25, 0.3) is 0 Å². The van der Waals surface area contributed by atoms with Crippen molar-refractivity contribution in [3.63, 3.8) is 0 Å². The first-order chi connectivity index (χ1) is 5.16. The first kappa shape index (κ1) is 11.3. The van der Waals surface area contributed by atoms with Crippen molar-refractivity contribution in [1.82, 2.24) is 0 Å². The molecule has 1 atom stereocenters. The van der Waals surface area contributed by atoms with Crippen LogP contribution in [0.1, 0.15) is 46.5 Å². The van der Waals surface area contributed by atoms with E-state index in [9.17, 15) is 0 Å². The monoisotopic (exact) mass is 176 g/mol. The molecule has 0 rings (SSSR count). The van der Waals surface area contributed by atoms with Gasteiger partial charge in [-0.05, 0) is 18.3 Å². The zero-order valence-electron chi connectivity index (χ0n) is 8.07. The minimum absolute atomic E-state index is 0.822. The summed E-state index contributed by atoms with van der Waals surface area (Å²) < 4.78 is 0. The van der Waals surface area contributed by atoms with Crippen molar-refractivity contribution in [2.45, 2.75) is 46.5 Å². The van der Waals surface area contributed by atoms with Crippen molar-refractivity contribution in [1.29, 1.82) is 0 Å². The van der Waals surface area contributed by atoms with Crippen molar-refractivity contribution < 1.29 is 0 Å². The first-order valence-electron chi connectivity index (χ1n) is 4.72. The molecule has 0 N–H and O–H groups in total. The lowest BCUT2D eigenvalue weighted by Gasteiger charge is -2.09. The van der Waals surface area contributed by atoms with Gasteiger partial charge in [-0.15, -0.1) is 11.6 Å². The van der Waals surface area contributed by atoms with Gasteiger partial charge in [-0.1, -0.05) is 40.0 Å². The Kier molecular flexibility index (Phi) is 7.15. The summed E-state index contributed by atoms with van der Waals surface area (Å²) in [6.07, 6.45) is 5.27. The fraction of sp³-hybridized carbons (Fsp3) is 1.00. The Morgan fingerprint density at radius 2 is 1.64 bits per heavy atom. The number of hydrogen-bond donors (Lipinski definition) is 0. The van der Waals surface area contributed by atoms with Crippen molar-refractivity contribution in [2.75, 3.05) is 5.88 Å². The fourth-order valence-electron chi connectivity index (χ4n) is 1.21. The van der Waals surface area contributed by atoms with Crippen molar-refractivity contribution in [3.8, 4) is 0 Å². The smallest absolute Gasteiger partial charge is 0.0225 e. The molecule has 0 aliphatic heterocycles. The van der Waals surface area contributed by atoms with Gasteiger partial charge in [-0.2, -0.15) is 0 Å². The standard InChI is InChI=1S/C10H21Cl/c1-9(2)5-4-6-10(3)7-8-11/h9-10H,4-8H2,1-3H3. The van der Waals surface area contributed by atoms with Gasteiger partial charge < -0.3 is 0 Å². The molecular formula is C10H21Cl. The molecule has 0 radical (unpaired) electrons. The third-order valence-corrected chi connectivity index (χ3v) is 2.30. The number of rotatable bonds is 6. The molecule has 0 nitrogen and oxygen atoms in total. The molecule has 1 unspecified atom stereocenters. The van der Waals surface area contributed by atoms with Crippen LogP contribution in [-0.4, -0.2) is 5.88 Å². The highest BCUT2D eigenvalue weighted by molar-refractivity contribution is 6.17. The largest absolute Gasteiger partial charge is 0.127 e. The molecule has 0 spiro atoms. The molecule has 0 aromatic heterocycles. The Labute approximate surface area is 76.3 Å². The zero-order valence-corrected chi connectivity index (χ0v) is 8.82. The van der Waals surface area contributed by atoms with Gasteiger partial charge >= 0.3 is 0 Å². The molecule has 0 aliphatic carbocycles. The van der Waals surface area contributed by atoms with E-state index in [2.05, 4.69) is 20.8 Å². The summed E-state index contributed by atoms with van der Waals surface area (Å²) in [5, 5.41) is 0. The van der Waals surface area contributed by atoms with E-state index < -0.39 is 0 Å².